The van der Waals surface area contributed by atoms with Gasteiger partial charge in [-0.05, 0) is 44.2 Å². The van der Waals surface area contributed by atoms with Crippen LogP contribution in [0.1, 0.15) is 25.7 Å². The van der Waals surface area contributed by atoms with Crippen LogP contribution in [0, 0.1) is 11.8 Å². The van der Waals surface area contributed by atoms with Gasteiger partial charge in [-0.3, -0.25) is 4.79 Å². The van der Waals surface area contributed by atoms with E-state index >= 15 is 0 Å². The molecule has 2 heterocycles. The molecule has 0 aromatic rings. The van der Waals surface area contributed by atoms with Crippen LogP contribution in [0.15, 0.2) is 0 Å². The smallest absolute Gasteiger partial charge is 0.223 e. The molecule has 3 fully saturated rings. The fraction of sp³-hybridized carbons (Fsp3) is 0.917. The SMILES string of the molecule is O=C(CCN1CCCC1)N1CC2CC2C1. The van der Waals surface area contributed by atoms with Gasteiger partial charge in [-0.2, -0.15) is 0 Å². The van der Waals surface area contributed by atoms with E-state index in [2.05, 4.69) is 9.80 Å². The Bertz CT molecular complexity index is 250. The van der Waals surface area contributed by atoms with Gasteiger partial charge >= 0.3 is 0 Å². The van der Waals surface area contributed by atoms with Gasteiger partial charge in [0.15, 0.2) is 0 Å². The lowest BCUT2D eigenvalue weighted by Crippen LogP contribution is -2.33. The molecule has 3 aliphatic rings. The first-order valence-electron chi connectivity index (χ1n) is 6.33. The number of hydrogen-bond donors (Lipinski definition) is 0. The average molecular weight is 208 g/mol. The summed E-state index contributed by atoms with van der Waals surface area (Å²) in [5, 5.41) is 0. The summed E-state index contributed by atoms with van der Waals surface area (Å²) < 4.78 is 0. The molecular formula is C12H20N2O. The first-order chi connectivity index (χ1) is 7.33. The van der Waals surface area contributed by atoms with Crippen molar-refractivity contribution in [3.8, 4) is 0 Å². The molecule has 1 amide bonds. The summed E-state index contributed by atoms with van der Waals surface area (Å²) in [6.07, 6.45) is 4.78. The van der Waals surface area contributed by atoms with Crippen LogP contribution in [-0.2, 0) is 4.79 Å². The van der Waals surface area contributed by atoms with Gasteiger partial charge in [0, 0.05) is 26.1 Å². The number of likely N-dealkylation sites (tertiary alicyclic amines) is 2. The molecule has 3 rings (SSSR count). The minimum Gasteiger partial charge on any atom is -0.342 e. The van der Waals surface area contributed by atoms with Crippen molar-refractivity contribution in [2.24, 2.45) is 11.8 Å². The molecule has 3 heteroatoms. The molecule has 0 spiro atoms. The van der Waals surface area contributed by atoms with E-state index in [0.717, 1.165) is 37.9 Å². The molecule has 0 aromatic carbocycles. The van der Waals surface area contributed by atoms with Gasteiger partial charge in [0.05, 0.1) is 0 Å². The zero-order chi connectivity index (χ0) is 10.3. The van der Waals surface area contributed by atoms with Gasteiger partial charge in [0.1, 0.15) is 0 Å². The van der Waals surface area contributed by atoms with E-state index in [1.807, 2.05) is 0 Å². The third kappa shape index (κ3) is 2.03. The number of amides is 1. The zero-order valence-electron chi connectivity index (χ0n) is 9.32. The van der Waals surface area contributed by atoms with Crippen molar-refractivity contribution in [3.05, 3.63) is 0 Å². The zero-order valence-corrected chi connectivity index (χ0v) is 9.32. The van der Waals surface area contributed by atoms with Crippen LogP contribution >= 0.6 is 0 Å². The molecule has 15 heavy (non-hydrogen) atoms. The van der Waals surface area contributed by atoms with Crippen molar-refractivity contribution in [1.29, 1.82) is 0 Å². The number of rotatable bonds is 3. The van der Waals surface area contributed by atoms with Gasteiger partial charge in [0.25, 0.3) is 0 Å². The summed E-state index contributed by atoms with van der Waals surface area (Å²) in [6, 6.07) is 0. The van der Waals surface area contributed by atoms with Crippen LogP contribution < -0.4 is 0 Å². The lowest BCUT2D eigenvalue weighted by Gasteiger charge is -2.20. The molecule has 1 saturated carbocycles. The molecule has 2 unspecified atom stereocenters. The molecule has 0 bridgehead atoms. The Morgan fingerprint density at radius 2 is 1.80 bits per heavy atom. The highest BCUT2D eigenvalue weighted by Crippen LogP contribution is 2.44. The van der Waals surface area contributed by atoms with Gasteiger partial charge < -0.3 is 9.80 Å². The quantitative estimate of drug-likeness (QED) is 0.689. The van der Waals surface area contributed by atoms with Gasteiger partial charge in [0.2, 0.25) is 5.91 Å². The van der Waals surface area contributed by atoms with Crippen molar-refractivity contribution in [1.82, 2.24) is 9.80 Å². The average Bonchev–Trinajstić information content (AvgIpc) is 2.75. The highest BCUT2D eigenvalue weighted by Gasteiger charge is 2.46. The van der Waals surface area contributed by atoms with E-state index in [9.17, 15) is 4.79 Å². The Labute approximate surface area is 91.4 Å². The van der Waals surface area contributed by atoms with E-state index in [1.54, 1.807) is 0 Å². The maximum Gasteiger partial charge on any atom is 0.223 e. The highest BCUT2D eigenvalue weighted by molar-refractivity contribution is 5.76. The topological polar surface area (TPSA) is 23.6 Å². The fourth-order valence-electron chi connectivity index (χ4n) is 3.02. The Morgan fingerprint density at radius 3 is 2.47 bits per heavy atom. The molecule has 2 atom stereocenters. The summed E-state index contributed by atoms with van der Waals surface area (Å²) in [7, 11) is 0. The highest BCUT2D eigenvalue weighted by atomic mass is 16.2. The van der Waals surface area contributed by atoms with Gasteiger partial charge in [-0.25, -0.2) is 0 Å². The van der Waals surface area contributed by atoms with Crippen LogP contribution in [0.3, 0.4) is 0 Å². The Kier molecular flexibility index (Phi) is 2.43. The monoisotopic (exact) mass is 208 g/mol. The molecule has 2 saturated heterocycles. The van der Waals surface area contributed by atoms with Crippen LogP contribution in [0.2, 0.25) is 0 Å². The third-order valence-corrected chi connectivity index (χ3v) is 4.17. The predicted octanol–water partition coefficient (Wildman–Crippen LogP) is 0.951. The Hall–Kier alpha value is -0.570. The second-order valence-corrected chi connectivity index (χ2v) is 5.35. The van der Waals surface area contributed by atoms with Gasteiger partial charge in [-0.15, -0.1) is 0 Å². The third-order valence-electron chi connectivity index (χ3n) is 4.17. The first-order valence-corrected chi connectivity index (χ1v) is 6.33. The van der Waals surface area contributed by atoms with E-state index in [0.29, 0.717) is 5.91 Å². The fourth-order valence-corrected chi connectivity index (χ4v) is 3.02. The number of carbonyl (C=O) groups excluding carboxylic acids is 1. The number of fused-ring (bicyclic) bond motifs is 1. The minimum absolute atomic E-state index is 0.397. The largest absolute Gasteiger partial charge is 0.342 e. The summed E-state index contributed by atoms with van der Waals surface area (Å²) in [6.45, 7) is 5.52. The van der Waals surface area contributed by atoms with E-state index < -0.39 is 0 Å². The second kappa shape index (κ2) is 3.78. The predicted molar refractivity (Wildman–Crippen MR) is 58.5 cm³/mol. The molecule has 3 nitrogen and oxygen atoms in total. The maximum absolute atomic E-state index is 11.9. The number of hydrogen-bond acceptors (Lipinski definition) is 2. The normalized spacial score (nSPS) is 34.5. The van der Waals surface area contributed by atoms with Crippen molar-refractivity contribution >= 4 is 5.91 Å². The van der Waals surface area contributed by atoms with Crippen LogP contribution in [-0.4, -0.2) is 48.4 Å². The summed E-state index contributed by atoms with van der Waals surface area (Å²) in [5.74, 6) is 2.15. The van der Waals surface area contributed by atoms with Crippen molar-refractivity contribution < 1.29 is 4.79 Å². The van der Waals surface area contributed by atoms with Crippen molar-refractivity contribution in [2.45, 2.75) is 25.7 Å². The lowest BCUT2D eigenvalue weighted by molar-refractivity contribution is -0.130. The second-order valence-electron chi connectivity index (χ2n) is 5.35. The molecule has 2 aliphatic heterocycles. The summed E-state index contributed by atoms with van der Waals surface area (Å²) in [4.78, 5) is 16.4. The van der Waals surface area contributed by atoms with Crippen LogP contribution in [0.25, 0.3) is 0 Å². The van der Waals surface area contributed by atoms with Crippen molar-refractivity contribution in [2.75, 3.05) is 32.7 Å². The summed E-state index contributed by atoms with van der Waals surface area (Å²) >= 11 is 0. The number of nitrogens with zero attached hydrogens (tertiary/aromatic N) is 2. The molecule has 0 N–H and O–H groups in total. The summed E-state index contributed by atoms with van der Waals surface area (Å²) in [5.41, 5.74) is 0. The minimum atomic E-state index is 0.397. The van der Waals surface area contributed by atoms with E-state index in [4.69, 9.17) is 0 Å². The molecule has 0 radical (unpaired) electrons. The van der Waals surface area contributed by atoms with E-state index in [-0.39, 0.29) is 0 Å². The molecular weight excluding hydrogens is 188 g/mol. The lowest BCUT2D eigenvalue weighted by atomic mass is 10.3. The first kappa shape index (κ1) is 9.64. The number of carbonyl (C=O) groups is 1. The van der Waals surface area contributed by atoms with Gasteiger partial charge in [-0.1, -0.05) is 0 Å². The number of piperidine rings is 1. The Morgan fingerprint density at radius 1 is 1.13 bits per heavy atom. The Balaban J connectivity index is 1.41. The molecule has 84 valence electrons. The van der Waals surface area contributed by atoms with Crippen LogP contribution in [0.4, 0.5) is 0 Å². The van der Waals surface area contributed by atoms with Crippen molar-refractivity contribution in [3.63, 3.8) is 0 Å². The van der Waals surface area contributed by atoms with Crippen LogP contribution in [0.5, 0.6) is 0 Å². The van der Waals surface area contributed by atoms with E-state index in [1.165, 1.54) is 32.4 Å². The molecule has 1 aliphatic carbocycles. The maximum atomic E-state index is 11.9. The standard InChI is InChI=1S/C12H20N2O/c15-12(3-6-13-4-1-2-5-13)14-8-10-7-11(10)9-14/h10-11H,1-9H2. The molecule has 0 aromatic heterocycles.